The third-order valence-corrected chi connectivity index (χ3v) is 5.21. The Hall–Kier alpha value is -3.68. The molecule has 0 saturated carbocycles. The van der Waals surface area contributed by atoms with Gasteiger partial charge in [0, 0.05) is 0 Å². The maximum absolute atomic E-state index is 12.9. The van der Waals surface area contributed by atoms with Crippen molar-refractivity contribution in [1.82, 2.24) is 10.6 Å². The van der Waals surface area contributed by atoms with E-state index in [-0.39, 0.29) is 5.57 Å². The van der Waals surface area contributed by atoms with Gasteiger partial charge in [-0.25, -0.2) is 9.59 Å². The first-order chi connectivity index (χ1) is 16.0. The van der Waals surface area contributed by atoms with Crippen LogP contribution in [0.4, 0.5) is 4.79 Å². The fourth-order valence-corrected chi connectivity index (χ4v) is 3.55. The highest BCUT2D eigenvalue weighted by Crippen LogP contribution is 2.37. The third-order valence-electron chi connectivity index (χ3n) is 5.21. The molecular weight excluding hydrogens is 424 g/mol. The molecule has 8 heteroatoms. The molecule has 1 heterocycles. The number of urea groups is 1. The maximum atomic E-state index is 12.9. The van der Waals surface area contributed by atoms with Crippen molar-refractivity contribution in [3.05, 3.63) is 59.2 Å². The molecule has 1 aliphatic heterocycles. The van der Waals surface area contributed by atoms with E-state index in [1.807, 2.05) is 13.0 Å². The standard InChI is InChI=1S/C25H30N2O6/c1-5-7-14-33-19-13-10-17(15-20(19)32-6-2)23-21(24(28)31-4)22(26-25(29)27-23)16-8-11-18(30-3)12-9-16/h8-13,15,23H,5-7,14H2,1-4H3,(H2,26,27,29). The zero-order valence-electron chi connectivity index (χ0n) is 19.4. The van der Waals surface area contributed by atoms with Gasteiger partial charge in [0.25, 0.3) is 0 Å². The number of hydrogen-bond acceptors (Lipinski definition) is 6. The van der Waals surface area contributed by atoms with Crippen molar-refractivity contribution in [3.8, 4) is 17.2 Å². The largest absolute Gasteiger partial charge is 0.497 e. The van der Waals surface area contributed by atoms with Gasteiger partial charge in [0.2, 0.25) is 0 Å². The van der Waals surface area contributed by atoms with Crippen LogP contribution in [0.1, 0.15) is 43.9 Å². The summed E-state index contributed by atoms with van der Waals surface area (Å²) in [5.41, 5.74) is 1.98. The van der Waals surface area contributed by atoms with Gasteiger partial charge in [-0.1, -0.05) is 19.4 Å². The van der Waals surface area contributed by atoms with Crippen LogP contribution >= 0.6 is 0 Å². The SMILES string of the molecule is CCCCOc1ccc(C2NC(=O)NC(c3ccc(OC)cc3)=C2C(=O)OC)cc1OCC. The average molecular weight is 455 g/mol. The quantitative estimate of drug-likeness (QED) is 0.413. The molecule has 3 rings (SSSR count). The number of hydrogen-bond donors (Lipinski definition) is 2. The fraction of sp³-hybridized carbons (Fsp3) is 0.360. The lowest BCUT2D eigenvalue weighted by Gasteiger charge is -2.29. The molecule has 2 aromatic carbocycles. The lowest BCUT2D eigenvalue weighted by molar-refractivity contribution is -0.136. The molecule has 2 amide bonds. The van der Waals surface area contributed by atoms with Crippen LogP contribution in [0.15, 0.2) is 48.0 Å². The summed E-state index contributed by atoms with van der Waals surface area (Å²) < 4.78 is 21.9. The molecular formula is C25H30N2O6. The van der Waals surface area contributed by atoms with Crippen molar-refractivity contribution in [2.45, 2.75) is 32.7 Å². The molecule has 8 nitrogen and oxygen atoms in total. The normalized spacial score (nSPS) is 15.4. The van der Waals surface area contributed by atoms with Crippen LogP contribution < -0.4 is 24.8 Å². The molecule has 0 fully saturated rings. The van der Waals surface area contributed by atoms with Gasteiger partial charge in [-0.05, 0) is 60.9 Å². The van der Waals surface area contributed by atoms with Crippen molar-refractivity contribution in [2.24, 2.45) is 0 Å². The van der Waals surface area contributed by atoms with E-state index in [9.17, 15) is 9.59 Å². The van der Waals surface area contributed by atoms with Crippen molar-refractivity contribution in [2.75, 3.05) is 27.4 Å². The number of carbonyl (C=O) groups is 2. The summed E-state index contributed by atoms with van der Waals surface area (Å²) in [5, 5.41) is 5.58. The van der Waals surface area contributed by atoms with Gasteiger partial charge < -0.3 is 29.6 Å². The second kappa shape index (κ2) is 11.3. The molecule has 2 N–H and O–H groups in total. The van der Waals surface area contributed by atoms with E-state index in [0.717, 1.165) is 12.8 Å². The second-order valence-corrected chi connectivity index (χ2v) is 7.38. The Balaban J connectivity index is 2.07. The van der Waals surface area contributed by atoms with Gasteiger partial charge in [-0.3, -0.25) is 0 Å². The predicted molar refractivity (Wildman–Crippen MR) is 124 cm³/mol. The van der Waals surface area contributed by atoms with Gasteiger partial charge in [0.1, 0.15) is 5.75 Å². The van der Waals surface area contributed by atoms with Gasteiger partial charge in [-0.15, -0.1) is 0 Å². The second-order valence-electron chi connectivity index (χ2n) is 7.38. The lowest BCUT2D eigenvalue weighted by Crippen LogP contribution is -2.45. The first-order valence-electron chi connectivity index (χ1n) is 11.0. The number of amides is 2. The van der Waals surface area contributed by atoms with Crippen LogP contribution in [0.25, 0.3) is 5.70 Å². The molecule has 33 heavy (non-hydrogen) atoms. The van der Waals surface area contributed by atoms with E-state index in [2.05, 4.69) is 17.6 Å². The van der Waals surface area contributed by atoms with Crippen LogP contribution in [-0.4, -0.2) is 39.4 Å². The minimum atomic E-state index is -0.743. The molecule has 2 aromatic rings. The van der Waals surface area contributed by atoms with Crippen LogP contribution in [0.2, 0.25) is 0 Å². The minimum absolute atomic E-state index is 0.282. The monoisotopic (exact) mass is 454 g/mol. The topological polar surface area (TPSA) is 95.1 Å². The molecule has 176 valence electrons. The molecule has 0 radical (unpaired) electrons. The Morgan fingerprint density at radius 1 is 1.00 bits per heavy atom. The Bertz CT molecular complexity index is 1020. The van der Waals surface area contributed by atoms with Crippen LogP contribution in [0.3, 0.4) is 0 Å². The summed E-state index contributed by atoms with van der Waals surface area (Å²) in [6.45, 7) is 5.01. The molecule has 1 aliphatic rings. The van der Waals surface area contributed by atoms with Gasteiger partial charge in [-0.2, -0.15) is 0 Å². The van der Waals surface area contributed by atoms with E-state index in [1.54, 1.807) is 43.5 Å². The molecule has 0 aromatic heterocycles. The van der Waals surface area contributed by atoms with E-state index >= 15 is 0 Å². The number of methoxy groups -OCH3 is 2. The zero-order chi connectivity index (χ0) is 23.8. The Kier molecular flexibility index (Phi) is 8.18. The van der Waals surface area contributed by atoms with Crippen LogP contribution in [0.5, 0.6) is 17.2 Å². The van der Waals surface area contributed by atoms with Gasteiger partial charge >= 0.3 is 12.0 Å². The number of nitrogens with one attached hydrogen (secondary N) is 2. The zero-order valence-corrected chi connectivity index (χ0v) is 19.4. The summed E-state index contributed by atoms with van der Waals surface area (Å²) in [6.07, 6.45) is 1.95. The molecule has 1 unspecified atom stereocenters. The summed E-state index contributed by atoms with van der Waals surface area (Å²) in [6, 6.07) is 11.3. The first-order valence-corrected chi connectivity index (χ1v) is 11.0. The van der Waals surface area contributed by atoms with Crippen molar-refractivity contribution >= 4 is 17.7 Å². The average Bonchev–Trinajstić information content (AvgIpc) is 2.84. The van der Waals surface area contributed by atoms with Crippen LogP contribution in [-0.2, 0) is 9.53 Å². The highest BCUT2D eigenvalue weighted by Gasteiger charge is 2.34. The van der Waals surface area contributed by atoms with E-state index < -0.39 is 18.0 Å². The maximum Gasteiger partial charge on any atom is 0.338 e. The smallest absolute Gasteiger partial charge is 0.338 e. The van der Waals surface area contributed by atoms with E-state index in [0.29, 0.717) is 47.3 Å². The Morgan fingerprint density at radius 3 is 2.39 bits per heavy atom. The highest BCUT2D eigenvalue weighted by molar-refractivity contribution is 6.04. The molecule has 0 saturated heterocycles. The summed E-state index contributed by atoms with van der Waals surface area (Å²) >= 11 is 0. The molecule has 0 spiro atoms. The van der Waals surface area contributed by atoms with Crippen molar-refractivity contribution in [3.63, 3.8) is 0 Å². The van der Waals surface area contributed by atoms with Crippen LogP contribution in [0, 0.1) is 0 Å². The number of unbranched alkanes of at least 4 members (excludes halogenated alkanes) is 1. The van der Waals surface area contributed by atoms with Gasteiger partial charge in [0.15, 0.2) is 11.5 Å². The first kappa shape index (κ1) is 24.0. The number of ether oxygens (including phenoxy) is 4. The van der Waals surface area contributed by atoms with Crippen molar-refractivity contribution in [1.29, 1.82) is 0 Å². The summed E-state index contributed by atoms with van der Waals surface area (Å²) in [4.78, 5) is 25.4. The number of rotatable bonds is 10. The number of carbonyl (C=O) groups excluding carboxylic acids is 2. The minimum Gasteiger partial charge on any atom is -0.497 e. The number of benzene rings is 2. The van der Waals surface area contributed by atoms with Crippen molar-refractivity contribution < 1.29 is 28.5 Å². The molecule has 0 aliphatic carbocycles. The Morgan fingerprint density at radius 2 is 1.76 bits per heavy atom. The predicted octanol–water partition coefficient (Wildman–Crippen LogP) is 4.21. The number of esters is 1. The molecule has 0 bridgehead atoms. The molecule has 1 atom stereocenters. The summed E-state index contributed by atoms with van der Waals surface area (Å²) in [7, 11) is 2.88. The van der Waals surface area contributed by atoms with Gasteiger partial charge in [0.05, 0.1) is 44.7 Å². The lowest BCUT2D eigenvalue weighted by atomic mass is 9.92. The summed E-state index contributed by atoms with van der Waals surface area (Å²) in [5.74, 6) is 1.28. The fourth-order valence-electron chi connectivity index (χ4n) is 3.55. The Labute approximate surface area is 193 Å². The third kappa shape index (κ3) is 5.58. The van der Waals surface area contributed by atoms with E-state index in [1.165, 1.54) is 7.11 Å². The highest BCUT2D eigenvalue weighted by atomic mass is 16.5. The van der Waals surface area contributed by atoms with E-state index in [4.69, 9.17) is 18.9 Å².